The van der Waals surface area contributed by atoms with Crippen molar-refractivity contribution in [2.24, 2.45) is 9.98 Å². The molecule has 0 aromatic heterocycles. The predicted molar refractivity (Wildman–Crippen MR) is 35.8 cm³/mol. The molecule has 0 fully saturated rings. The van der Waals surface area contributed by atoms with E-state index in [4.69, 9.17) is 5.11 Å². The molecule has 0 saturated heterocycles. The first-order chi connectivity index (χ1) is 5.27. The number of hydrogen-bond acceptors (Lipinski definition) is 2. The fraction of sp³-hybridized carbons (Fsp3) is 0. The number of phenolic OH excluding ortho intramolecular Hbond substituents is 1. The molecule has 4 heteroatoms. The van der Waals surface area contributed by atoms with Crippen molar-refractivity contribution in [2.45, 2.75) is 0 Å². The van der Waals surface area contributed by atoms with E-state index in [1.807, 2.05) is 0 Å². The summed E-state index contributed by atoms with van der Waals surface area (Å²) in [5.74, 6) is -0.00269. The van der Waals surface area contributed by atoms with E-state index in [2.05, 4.69) is 9.98 Å². The van der Waals surface area contributed by atoms with Crippen LogP contribution >= 0.6 is 0 Å². The lowest BCUT2D eigenvalue weighted by Crippen LogP contribution is -2.20. The maximum absolute atomic E-state index is 10.6. The minimum absolute atomic E-state index is 0.00269. The van der Waals surface area contributed by atoms with Crippen molar-refractivity contribution < 1.29 is 9.90 Å². The number of nitrogens with zero attached hydrogens (tertiary/aromatic N) is 2. The first-order valence-corrected chi connectivity index (χ1v) is 3.07. The zero-order valence-corrected chi connectivity index (χ0v) is 5.48. The van der Waals surface area contributed by atoms with Gasteiger partial charge >= 0.3 is 6.03 Å². The Hall–Kier alpha value is -1.71. The molecule has 1 aliphatic heterocycles. The molecule has 4 nitrogen and oxygen atoms in total. The Bertz CT molecular complexity index is 436. The molecule has 1 heterocycles. The molecule has 0 atom stereocenters. The maximum atomic E-state index is 10.6. The zero-order chi connectivity index (χ0) is 7.84. The third-order valence-corrected chi connectivity index (χ3v) is 1.42. The van der Waals surface area contributed by atoms with Gasteiger partial charge in [0.25, 0.3) is 0 Å². The number of amides is 2. The first kappa shape index (κ1) is 6.03. The normalized spacial score (nSPS) is 13.6. The van der Waals surface area contributed by atoms with Crippen LogP contribution in [0.4, 0.5) is 4.79 Å². The van der Waals surface area contributed by atoms with Gasteiger partial charge in [-0.2, -0.15) is 9.98 Å². The Morgan fingerprint density at radius 3 is 2.82 bits per heavy atom. The summed E-state index contributed by atoms with van der Waals surface area (Å²) < 4.78 is 0. The minimum atomic E-state index is -0.554. The van der Waals surface area contributed by atoms with Gasteiger partial charge in [0.05, 0.1) is 5.36 Å². The van der Waals surface area contributed by atoms with Crippen LogP contribution in [-0.4, -0.2) is 11.1 Å². The second-order valence-corrected chi connectivity index (χ2v) is 2.15. The van der Waals surface area contributed by atoms with Crippen molar-refractivity contribution in [1.29, 1.82) is 0 Å². The highest BCUT2D eigenvalue weighted by Gasteiger charge is 2.06. The highest BCUT2D eigenvalue weighted by Crippen LogP contribution is 1.97. The second kappa shape index (κ2) is 1.88. The fourth-order valence-corrected chi connectivity index (χ4v) is 0.948. The molecule has 2 amide bonds. The number of para-hydroxylation sites is 1. The number of phenols is 1. The lowest BCUT2D eigenvalue weighted by molar-refractivity contribution is 0.256. The van der Waals surface area contributed by atoms with E-state index < -0.39 is 6.03 Å². The van der Waals surface area contributed by atoms with Gasteiger partial charge < -0.3 is 5.11 Å². The van der Waals surface area contributed by atoms with Crippen molar-refractivity contribution in [3.05, 3.63) is 28.9 Å². The maximum Gasteiger partial charge on any atom is 0.368 e. The van der Waals surface area contributed by atoms with Gasteiger partial charge in [0.1, 0.15) is 11.1 Å². The number of urea groups is 1. The molecule has 0 saturated carbocycles. The van der Waals surface area contributed by atoms with Gasteiger partial charge in [0.2, 0.25) is 0 Å². The quantitative estimate of drug-likeness (QED) is 0.552. The van der Waals surface area contributed by atoms with Crippen LogP contribution < -0.4 is 10.7 Å². The SMILES string of the molecule is O=C1N=c2cccc(O)c2=N1. The molecule has 0 spiro atoms. The standard InChI is InChI=1S/C7H4N2O2/c10-5-3-1-2-4-6(5)9-7(11)8-4/h1-3,10H. The highest BCUT2D eigenvalue weighted by atomic mass is 16.3. The molecule has 1 aliphatic rings. The van der Waals surface area contributed by atoms with E-state index in [-0.39, 0.29) is 11.1 Å². The van der Waals surface area contributed by atoms with Gasteiger partial charge in [0, 0.05) is 0 Å². The van der Waals surface area contributed by atoms with Crippen molar-refractivity contribution >= 4 is 6.03 Å². The van der Waals surface area contributed by atoms with Crippen molar-refractivity contribution in [3.63, 3.8) is 0 Å². The molecule has 0 radical (unpaired) electrons. The Kier molecular flexibility index (Phi) is 1.03. The van der Waals surface area contributed by atoms with Crippen LogP contribution in [0.5, 0.6) is 5.75 Å². The molecule has 1 aromatic carbocycles. The summed E-state index contributed by atoms with van der Waals surface area (Å²) in [7, 11) is 0. The van der Waals surface area contributed by atoms with Gasteiger partial charge in [-0.1, -0.05) is 6.07 Å². The summed E-state index contributed by atoms with van der Waals surface area (Å²) in [6.45, 7) is 0. The number of carbonyl (C=O) groups excluding carboxylic acids is 1. The monoisotopic (exact) mass is 148 g/mol. The first-order valence-electron chi connectivity index (χ1n) is 3.07. The van der Waals surface area contributed by atoms with Crippen LogP contribution in [0.2, 0.25) is 0 Å². The number of aromatic hydroxyl groups is 1. The molecule has 2 rings (SSSR count). The summed E-state index contributed by atoms with van der Waals surface area (Å²) in [6, 6.07) is 4.16. The Labute approximate surface area is 61.5 Å². The summed E-state index contributed by atoms with van der Waals surface area (Å²) in [5.41, 5.74) is 0. The predicted octanol–water partition coefficient (Wildman–Crippen LogP) is -0.235. The lowest BCUT2D eigenvalue weighted by Gasteiger charge is -1.85. The van der Waals surface area contributed by atoms with E-state index in [9.17, 15) is 4.79 Å². The van der Waals surface area contributed by atoms with Gasteiger partial charge in [-0.15, -0.1) is 0 Å². The molecule has 1 N–H and O–H groups in total. The minimum Gasteiger partial charge on any atom is -0.506 e. The molecule has 0 bridgehead atoms. The number of carbonyl (C=O) groups is 1. The van der Waals surface area contributed by atoms with Crippen LogP contribution in [0, 0.1) is 0 Å². The van der Waals surface area contributed by atoms with E-state index in [0.29, 0.717) is 5.36 Å². The Morgan fingerprint density at radius 1 is 1.27 bits per heavy atom. The second-order valence-electron chi connectivity index (χ2n) is 2.15. The smallest absolute Gasteiger partial charge is 0.368 e. The van der Waals surface area contributed by atoms with E-state index in [1.54, 1.807) is 12.1 Å². The molecule has 11 heavy (non-hydrogen) atoms. The Balaban J connectivity index is 2.97. The van der Waals surface area contributed by atoms with Crippen molar-refractivity contribution in [2.75, 3.05) is 0 Å². The van der Waals surface area contributed by atoms with Crippen LogP contribution in [0.1, 0.15) is 0 Å². The number of hydrogen-bond donors (Lipinski definition) is 1. The van der Waals surface area contributed by atoms with Gasteiger partial charge in [0.15, 0.2) is 0 Å². The molecular weight excluding hydrogens is 144 g/mol. The van der Waals surface area contributed by atoms with Gasteiger partial charge in [-0.05, 0) is 12.1 Å². The van der Waals surface area contributed by atoms with E-state index in [1.165, 1.54) is 6.07 Å². The highest BCUT2D eigenvalue weighted by molar-refractivity contribution is 5.77. The van der Waals surface area contributed by atoms with E-state index in [0.717, 1.165) is 0 Å². The van der Waals surface area contributed by atoms with E-state index >= 15 is 0 Å². The topological polar surface area (TPSA) is 62.0 Å². The van der Waals surface area contributed by atoms with Crippen LogP contribution in [0.25, 0.3) is 0 Å². The summed E-state index contributed by atoms with van der Waals surface area (Å²) in [5, 5.41) is 9.86. The lowest BCUT2D eigenvalue weighted by atomic mass is 10.3. The van der Waals surface area contributed by atoms with Crippen molar-refractivity contribution in [3.8, 4) is 5.75 Å². The third kappa shape index (κ3) is 0.797. The largest absolute Gasteiger partial charge is 0.506 e. The van der Waals surface area contributed by atoms with Crippen LogP contribution in [0.3, 0.4) is 0 Å². The molecule has 0 unspecified atom stereocenters. The average molecular weight is 148 g/mol. The fourth-order valence-electron chi connectivity index (χ4n) is 0.948. The molecule has 0 aliphatic carbocycles. The van der Waals surface area contributed by atoms with Gasteiger partial charge in [-0.3, -0.25) is 0 Å². The summed E-state index contributed by atoms with van der Waals surface area (Å²) >= 11 is 0. The van der Waals surface area contributed by atoms with Gasteiger partial charge in [-0.25, -0.2) is 4.79 Å². The number of fused-ring (bicyclic) bond motifs is 1. The van der Waals surface area contributed by atoms with Crippen LogP contribution in [0.15, 0.2) is 28.2 Å². The summed E-state index contributed by atoms with van der Waals surface area (Å²) in [6.07, 6.45) is 0. The third-order valence-electron chi connectivity index (χ3n) is 1.42. The number of rotatable bonds is 0. The Morgan fingerprint density at radius 2 is 2.09 bits per heavy atom. The molecule has 1 aromatic rings. The van der Waals surface area contributed by atoms with Crippen LogP contribution in [-0.2, 0) is 0 Å². The van der Waals surface area contributed by atoms with Crippen molar-refractivity contribution in [1.82, 2.24) is 0 Å². The summed E-state index contributed by atoms with van der Waals surface area (Å²) in [4.78, 5) is 17.7. The number of benzene rings is 1. The molecule has 54 valence electrons. The zero-order valence-electron chi connectivity index (χ0n) is 5.48. The average Bonchev–Trinajstić information content (AvgIpc) is 2.31. The molecular formula is C7H4N2O2.